The molecule has 1 aliphatic heterocycles. The first-order valence-electron chi connectivity index (χ1n) is 5.15. The lowest BCUT2D eigenvalue weighted by Gasteiger charge is -2.03. The molecule has 1 aliphatic rings. The summed E-state index contributed by atoms with van der Waals surface area (Å²) in [6, 6.07) is 4.17. The zero-order chi connectivity index (χ0) is 11.0. The smallest absolute Gasteiger partial charge is 0.133 e. The first kappa shape index (κ1) is 10.9. The summed E-state index contributed by atoms with van der Waals surface area (Å²) in [6.45, 7) is 0.877. The number of nitrogens with zero attached hydrogens (tertiary/aromatic N) is 1. The van der Waals surface area contributed by atoms with Gasteiger partial charge < -0.3 is 4.74 Å². The van der Waals surface area contributed by atoms with Gasteiger partial charge in [-0.1, -0.05) is 0 Å². The van der Waals surface area contributed by atoms with Gasteiger partial charge in [-0.05, 0) is 40.9 Å². The maximum Gasteiger partial charge on any atom is 0.133 e. The quantitative estimate of drug-likeness (QED) is 0.814. The zero-order valence-corrected chi connectivity index (χ0v) is 11.7. The second kappa shape index (κ2) is 4.56. The minimum Gasteiger partial charge on any atom is -0.372 e. The van der Waals surface area contributed by atoms with E-state index in [1.807, 2.05) is 0 Å². The van der Waals surface area contributed by atoms with Crippen LogP contribution >= 0.6 is 38.6 Å². The van der Waals surface area contributed by atoms with Gasteiger partial charge in [-0.15, -0.1) is 22.7 Å². The molecule has 1 saturated heterocycles. The predicted octanol–water partition coefficient (Wildman–Crippen LogP) is 4.49. The van der Waals surface area contributed by atoms with Crippen molar-refractivity contribution in [1.29, 1.82) is 0 Å². The minimum absolute atomic E-state index is 0.230. The second-order valence-electron chi connectivity index (χ2n) is 3.68. The van der Waals surface area contributed by atoms with Gasteiger partial charge in [-0.3, -0.25) is 0 Å². The molecule has 2 aromatic heterocycles. The molecule has 16 heavy (non-hydrogen) atoms. The molecule has 2 aromatic rings. The summed E-state index contributed by atoms with van der Waals surface area (Å²) in [7, 11) is 0. The third kappa shape index (κ3) is 2.09. The van der Waals surface area contributed by atoms with Crippen LogP contribution in [0.4, 0.5) is 0 Å². The number of thiazole rings is 1. The Labute approximate surface area is 110 Å². The van der Waals surface area contributed by atoms with E-state index in [0.717, 1.165) is 33.9 Å². The van der Waals surface area contributed by atoms with Crippen LogP contribution in [0.5, 0.6) is 0 Å². The molecule has 0 N–H and O–H groups in total. The van der Waals surface area contributed by atoms with Crippen molar-refractivity contribution in [2.75, 3.05) is 6.61 Å². The van der Waals surface area contributed by atoms with Gasteiger partial charge in [0.2, 0.25) is 0 Å². The van der Waals surface area contributed by atoms with Crippen molar-refractivity contribution in [3.8, 4) is 9.88 Å². The molecule has 1 fully saturated rings. The highest BCUT2D eigenvalue weighted by Gasteiger charge is 2.20. The van der Waals surface area contributed by atoms with Gasteiger partial charge in [-0.25, -0.2) is 4.98 Å². The third-order valence-corrected chi connectivity index (χ3v) is 5.22. The molecule has 0 bridgehead atoms. The summed E-state index contributed by atoms with van der Waals surface area (Å²) in [4.78, 5) is 5.88. The molecule has 0 aliphatic carbocycles. The summed E-state index contributed by atoms with van der Waals surface area (Å²) >= 11 is 6.89. The lowest BCUT2D eigenvalue weighted by molar-refractivity contribution is 0.109. The average Bonchev–Trinajstić information content (AvgIpc) is 2.97. The Kier molecular flexibility index (Phi) is 3.11. The van der Waals surface area contributed by atoms with Crippen LogP contribution in [0.25, 0.3) is 9.88 Å². The van der Waals surface area contributed by atoms with Crippen LogP contribution in [0.3, 0.4) is 0 Å². The highest BCUT2D eigenvalue weighted by atomic mass is 79.9. The fourth-order valence-corrected chi connectivity index (χ4v) is 4.11. The van der Waals surface area contributed by atoms with Crippen molar-refractivity contribution >= 4 is 38.6 Å². The summed E-state index contributed by atoms with van der Waals surface area (Å²) < 4.78 is 6.78. The molecule has 1 atom stereocenters. The van der Waals surface area contributed by atoms with Crippen LogP contribution < -0.4 is 0 Å². The van der Waals surface area contributed by atoms with Gasteiger partial charge in [0.25, 0.3) is 0 Å². The van der Waals surface area contributed by atoms with Crippen LogP contribution in [-0.2, 0) is 4.74 Å². The Morgan fingerprint density at radius 1 is 1.44 bits per heavy atom. The van der Waals surface area contributed by atoms with Crippen molar-refractivity contribution in [2.24, 2.45) is 0 Å². The molecular formula is C11H10BrNOS2. The van der Waals surface area contributed by atoms with Crippen molar-refractivity contribution in [2.45, 2.75) is 18.9 Å². The maximum atomic E-state index is 5.63. The lowest BCUT2D eigenvalue weighted by atomic mass is 10.2. The Morgan fingerprint density at radius 3 is 3.06 bits per heavy atom. The monoisotopic (exact) mass is 315 g/mol. The van der Waals surface area contributed by atoms with Crippen LogP contribution in [0.1, 0.15) is 24.6 Å². The van der Waals surface area contributed by atoms with Crippen molar-refractivity contribution < 1.29 is 4.74 Å². The number of halogens is 1. The van der Waals surface area contributed by atoms with E-state index >= 15 is 0 Å². The van der Waals surface area contributed by atoms with Gasteiger partial charge >= 0.3 is 0 Å². The van der Waals surface area contributed by atoms with E-state index in [-0.39, 0.29) is 6.10 Å². The van der Waals surface area contributed by atoms with Gasteiger partial charge in [0.15, 0.2) is 0 Å². The van der Waals surface area contributed by atoms with Crippen LogP contribution in [-0.4, -0.2) is 11.6 Å². The molecule has 84 valence electrons. The third-order valence-electron chi connectivity index (χ3n) is 2.57. The van der Waals surface area contributed by atoms with E-state index in [2.05, 4.69) is 38.4 Å². The molecule has 5 heteroatoms. The molecule has 3 heterocycles. The van der Waals surface area contributed by atoms with Crippen LogP contribution in [0.2, 0.25) is 0 Å². The van der Waals surface area contributed by atoms with E-state index < -0.39 is 0 Å². The van der Waals surface area contributed by atoms with E-state index in [1.54, 1.807) is 22.7 Å². The van der Waals surface area contributed by atoms with Gasteiger partial charge in [0.05, 0.1) is 14.4 Å². The molecule has 0 aromatic carbocycles. The highest BCUT2D eigenvalue weighted by molar-refractivity contribution is 9.11. The molecule has 2 nitrogen and oxygen atoms in total. The fraction of sp³-hybridized carbons (Fsp3) is 0.364. The largest absolute Gasteiger partial charge is 0.372 e. The maximum absolute atomic E-state index is 5.63. The molecular weight excluding hydrogens is 306 g/mol. The standard InChI is InChI=1S/C11H10BrNOS2/c12-10-4-3-9(16-10)11-13-7(6-15-11)8-2-1-5-14-8/h3-4,6,8H,1-2,5H2. The van der Waals surface area contributed by atoms with E-state index in [9.17, 15) is 0 Å². The zero-order valence-electron chi connectivity index (χ0n) is 8.48. The number of hydrogen-bond acceptors (Lipinski definition) is 4. The molecule has 1 unspecified atom stereocenters. The fourth-order valence-electron chi connectivity index (χ4n) is 1.79. The number of thiophene rings is 1. The Morgan fingerprint density at radius 2 is 2.38 bits per heavy atom. The average molecular weight is 316 g/mol. The van der Waals surface area contributed by atoms with Gasteiger partial charge in [0, 0.05) is 12.0 Å². The van der Waals surface area contributed by atoms with Crippen LogP contribution in [0, 0.1) is 0 Å². The van der Waals surface area contributed by atoms with E-state index in [1.165, 1.54) is 4.88 Å². The Bertz CT molecular complexity index is 488. The van der Waals surface area contributed by atoms with E-state index in [0.29, 0.717) is 0 Å². The van der Waals surface area contributed by atoms with E-state index in [4.69, 9.17) is 4.74 Å². The van der Waals surface area contributed by atoms with Gasteiger partial charge in [-0.2, -0.15) is 0 Å². The topological polar surface area (TPSA) is 22.1 Å². The number of aromatic nitrogens is 1. The number of hydrogen-bond donors (Lipinski definition) is 0. The van der Waals surface area contributed by atoms with Gasteiger partial charge in [0.1, 0.15) is 11.1 Å². The Balaban J connectivity index is 1.87. The molecule has 0 radical (unpaired) electrons. The molecule has 0 saturated carbocycles. The van der Waals surface area contributed by atoms with Crippen molar-refractivity contribution in [1.82, 2.24) is 4.98 Å². The summed E-state index contributed by atoms with van der Waals surface area (Å²) in [6.07, 6.45) is 2.49. The lowest BCUT2D eigenvalue weighted by Crippen LogP contribution is -1.95. The summed E-state index contributed by atoms with van der Waals surface area (Å²) in [5, 5.41) is 3.22. The number of rotatable bonds is 2. The summed E-state index contributed by atoms with van der Waals surface area (Å²) in [5.41, 5.74) is 1.10. The molecule has 0 spiro atoms. The minimum atomic E-state index is 0.230. The summed E-state index contributed by atoms with van der Waals surface area (Å²) in [5.74, 6) is 0. The molecule has 3 rings (SSSR count). The second-order valence-corrected chi connectivity index (χ2v) is 7.00. The van der Waals surface area contributed by atoms with Crippen molar-refractivity contribution in [3.63, 3.8) is 0 Å². The van der Waals surface area contributed by atoms with Crippen molar-refractivity contribution in [3.05, 3.63) is 27.0 Å². The normalized spacial score (nSPS) is 20.4. The number of ether oxygens (including phenoxy) is 1. The Hall–Kier alpha value is -0.230. The first-order valence-corrected chi connectivity index (χ1v) is 7.64. The predicted molar refractivity (Wildman–Crippen MR) is 71.1 cm³/mol. The molecule has 0 amide bonds. The first-order chi connectivity index (χ1) is 7.83. The highest BCUT2D eigenvalue weighted by Crippen LogP contribution is 2.36. The van der Waals surface area contributed by atoms with Crippen LogP contribution in [0.15, 0.2) is 21.3 Å². The SMILES string of the molecule is Brc1ccc(-c2nc(C3CCCO3)cs2)s1.